The fourth-order valence-corrected chi connectivity index (χ4v) is 2.34. The van der Waals surface area contributed by atoms with Crippen LogP contribution in [0.4, 0.5) is 0 Å². The molecular weight excluding hydrogens is 188 g/mol. The van der Waals surface area contributed by atoms with Gasteiger partial charge in [0.1, 0.15) is 0 Å². The monoisotopic (exact) mass is 206 g/mol. The van der Waals surface area contributed by atoms with Gasteiger partial charge in [-0.15, -0.1) is 0 Å². The lowest BCUT2D eigenvalue weighted by Gasteiger charge is -2.14. The highest BCUT2D eigenvalue weighted by Crippen LogP contribution is 2.21. The molecule has 0 aromatic carbocycles. The average Bonchev–Trinajstić information content (AvgIpc) is 2.03. The van der Waals surface area contributed by atoms with Crippen LogP contribution in [-0.2, 0) is 4.74 Å². The number of hydrogen-bond donors (Lipinski definition) is 0. The van der Waals surface area contributed by atoms with Crippen molar-refractivity contribution in [2.24, 2.45) is 5.92 Å². The van der Waals surface area contributed by atoms with Gasteiger partial charge in [0.2, 0.25) is 4.38 Å². The smallest absolute Gasteiger partial charge is 0.219 e. The molecule has 0 heterocycles. The SMILES string of the molecule is CCC(C)CC(C)SC(=S)OC. The van der Waals surface area contributed by atoms with Crippen molar-refractivity contribution in [3.8, 4) is 0 Å². The largest absolute Gasteiger partial charge is 0.482 e. The van der Waals surface area contributed by atoms with E-state index in [2.05, 4.69) is 20.8 Å². The van der Waals surface area contributed by atoms with E-state index < -0.39 is 0 Å². The van der Waals surface area contributed by atoms with Gasteiger partial charge in [0.05, 0.1) is 7.11 Å². The van der Waals surface area contributed by atoms with Crippen molar-refractivity contribution >= 4 is 28.4 Å². The maximum atomic E-state index is 4.96. The van der Waals surface area contributed by atoms with Crippen LogP contribution in [0.5, 0.6) is 0 Å². The highest BCUT2D eigenvalue weighted by atomic mass is 32.2. The number of methoxy groups -OCH3 is 1. The topological polar surface area (TPSA) is 9.23 Å². The van der Waals surface area contributed by atoms with Crippen LogP contribution in [0.1, 0.15) is 33.6 Å². The van der Waals surface area contributed by atoms with E-state index in [1.807, 2.05) is 0 Å². The molecule has 0 radical (unpaired) electrons. The molecule has 1 nitrogen and oxygen atoms in total. The summed E-state index contributed by atoms with van der Waals surface area (Å²) in [6.45, 7) is 6.69. The number of rotatable bonds is 4. The molecule has 0 fully saturated rings. The molecule has 0 aliphatic rings. The third-order valence-electron chi connectivity index (χ3n) is 1.90. The number of thiocarbonyl (C=S) groups is 1. The third-order valence-corrected chi connectivity index (χ3v) is 3.30. The second-order valence-corrected chi connectivity index (χ2v) is 5.17. The molecule has 0 rings (SSSR count). The molecule has 3 heteroatoms. The minimum absolute atomic E-state index is 0.576. The van der Waals surface area contributed by atoms with Gasteiger partial charge in [-0.2, -0.15) is 0 Å². The molecule has 2 atom stereocenters. The predicted octanol–water partition coefficient (Wildman–Crippen LogP) is 3.48. The summed E-state index contributed by atoms with van der Waals surface area (Å²) in [5, 5.41) is 0.576. The Kier molecular flexibility index (Phi) is 6.86. The molecule has 12 heavy (non-hydrogen) atoms. The quantitative estimate of drug-likeness (QED) is 0.652. The summed E-state index contributed by atoms with van der Waals surface area (Å²) in [4.78, 5) is 0. The maximum Gasteiger partial charge on any atom is 0.219 e. The summed E-state index contributed by atoms with van der Waals surface area (Å²) in [6, 6.07) is 0. The van der Waals surface area contributed by atoms with Crippen molar-refractivity contribution in [2.45, 2.75) is 38.9 Å². The van der Waals surface area contributed by atoms with Crippen molar-refractivity contribution < 1.29 is 4.74 Å². The molecule has 0 bridgehead atoms. The van der Waals surface area contributed by atoms with Crippen LogP contribution in [0.15, 0.2) is 0 Å². The molecule has 0 aromatic heterocycles. The zero-order valence-corrected chi connectivity index (χ0v) is 9.93. The Labute approximate surface area is 85.3 Å². The Bertz CT molecular complexity index is 136. The number of thioether (sulfide) groups is 1. The molecule has 0 saturated heterocycles. The standard InChI is InChI=1S/C9H18OS2/c1-5-7(2)6-8(3)12-9(11)10-4/h7-8H,5-6H2,1-4H3. The molecule has 2 unspecified atom stereocenters. The second-order valence-electron chi connectivity index (χ2n) is 3.13. The van der Waals surface area contributed by atoms with Crippen LogP contribution >= 0.6 is 24.0 Å². The molecule has 0 spiro atoms. The van der Waals surface area contributed by atoms with Crippen LogP contribution in [0, 0.1) is 5.92 Å². The first kappa shape index (κ1) is 12.2. The predicted molar refractivity (Wildman–Crippen MR) is 60.7 cm³/mol. The highest BCUT2D eigenvalue weighted by molar-refractivity contribution is 8.23. The van der Waals surface area contributed by atoms with Gasteiger partial charge in [0, 0.05) is 5.25 Å². The Morgan fingerprint density at radius 3 is 2.50 bits per heavy atom. The van der Waals surface area contributed by atoms with Crippen LogP contribution in [-0.4, -0.2) is 16.7 Å². The third kappa shape index (κ3) is 5.84. The van der Waals surface area contributed by atoms with Crippen molar-refractivity contribution in [1.29, 1.82) is 0 Å². The van der Waals surface area contributed by atoms with Gasteiger partial charge in [-0.1, -0.05) is 39.0 Å². The molecule has 0 saturated carbocycles. The number of ether oxygens (including phenoxy) is 1. The molecule has 0 N–H and O–H groups in total. The van der Waals surface area contributed by atoms with E-state index >= 15 is 0 Å². The lowest BCUT2D eigenvalue weighted by molar-refractivity contribution is 0.425. The molecular formula is C9H18OS2. The highest BCUT2D eigenvalue weighted by Gasteiger charge is 2.10. The summed E-state index contributed by atoms with van der Waals surface area (Å²) in [7, 11) is 1.63. The molecule has 0 aliphatic heterocycles. The van der Waals surface area contributed by atoms with E-state index in [1.165, 1.54) is 12.8 Å². The van der Waals surface area contributed by atoms with Gasteiger partial charge in [0.25, 0.3) is 0 Å². The van der Waals surface area contributed by atoms with E-state index in [-0.39, 0.29) is 0 Å². The van der Waals surface area contributed by atoms with E-state index in [1.54, 1.807) is 18.9 Å². The summed E-state index contributed by atoms with van der Waals surface area (Å²) >= 11 is 6.61. The van der Waals surface area contributed by atoms with Crippen LogP contribution in [0.2, 0.25) is 0 Å². The second kappa shape index (κ2) is 6.72. The average molecular weight is 206 g/mol. The van der Waals surface area contributed by atoms with Gasteiger partial charge in [-0.25, -0.2) is 0 Å². The summed E-state index contributed by atoms with van der Waals surface area (Å²) in [5.41, 5.74) is 0. The Hall–Kier alpha value is 0.240. The van der Waals surface area contributed by atoms with Crippen molar-refractivity contribution in [3.63, 3.8) is 0 Å². The minimum Gasteiger partial charge on any atom is -0.482 e. The summed E-state index contributed by atoms with van der Waals surface area (Å²) in [5.74, 6) is 0.784. The number of hydrogen-bond acceptors (Lipinski definition) is 3. The molecule has 0 amide bonds. The van der Waals surface area contributed by atoms with Crippen LogP contribution in [0.25, 0.3) is 0 Å². The first-order chi connectivity index (χ1) is 5.60. The summed E-state index contributed by atoms with van der Waals surface area (Å²) in [6.07, 6.45) is 2.45. The Morgan fingerprint density at radius 1 is 1.50 bits per heavy atom. The van der Waals surface area contributed by atoms with Crippen molar-refractivity contribution in [2.75, 3.05) is 7.11 Å². The van der Waals surface area contributed by atoms with Gasteiger partial charge in [-0.3, -0.25) is 0 Å². The normalized spacial score (nSPS) is 15.3. The lowest BCUT2D eigenvalue weighted by Crippen LogP contribution is -2.07. The van der Waals surface area contributed by atoms with Gasteiger partial charge < -0.3 is 4.74 Å². The zero-order chi connectivity index (χ0) is 9.56. The van der Waals surface area contributed by atoms with E-state index in [0.29, 0.717) is 9.63 Å². The van der Waals surface area contributed by atoms with Crippen LogP contribution in [0.3, 0.4) is 0 Å². The molecule has 72 valence electrons. The van der Waals surface area contributed by atoms with E-state index in [9.17, 15) is 0 Å². The fourth-order valence-electron chi connectivity index (χ4n) is 0.994. The maximum absolute atomic E-state index is 4.96. The van der Waals surface area contributed by atoms with Gasteiger partial charge in [0.15, 0.2) is 0 Å². The molecule has 0 aliphatic carbocycles. The first-order valence-electron chi connectivity index (χ1n) is 4.34. The van der Waals surface area contributed by atoms with Gasteiger partial charge >= 0.3 is 0 Å². The van der Waals surface area contributed by atoms with E-state index in [4.69, 9.17) is 17.0 Å². The lowest BCUT2D eigenvalue weighted by atomic mass is 10.0. The minimum atomic E-state index is 0.576. The van der Waals surface area contributed by atoms with Gasteiger partial charge in [-0.05, 0) is 24.6 Å². The van der Waals surface area contributed by atoms with Crippen molar-refractivity contribution in [3.05, 3.63) is 0 Å². The summed E-state index contributed by atoms with van der Waals surface area (Å²) < 4.78 is 5.59. The fraction of sp³-hybridized carbons (Fsp3) is 0.889. The first-order valence-corrected chi connectivity index (χ1v) is 5.63. The van der Waals surface area contributed by atoms with Crippen molar-refractivity contribution in [1.82, 2.24) is 0 Å². The van der Waals surface area contributed by atoms with E-state index in [0.717, 1.165) is 5.92 Å². The Balaban J connectivity index is 3.58. The van der Waals surface area contributed by atoms with Crippen LogP contribution < -0.4 is 0 Å². The zero-order valence-electron chi connectivity index (χ0n) is 8.29. The Morgan fingerprint density at radius 2 is 2.08 bits per heavy atom. The molecule has 0 aromatic rings.